The average Bonchev–Trinajstić information content (AvgIpc) is 2.64. The highest BCUT2D eigenvalue weighted by Crippen LogP contribution is 2.24. The highest BCUT2D eigenvalue weighted by molar-refractivity contribution is 5.76. The molecule has 0 saturated heterocycles. The third-order valence-electron chi connectivity index (χ3n) is 4.08. The molecule has 146 valence electrons. The van der Waals surface area contributed by atoms with Crippen molar-refractivity contribution in [3.63, 3.8) is 0 Å². The Hall–Kier alpha value is -2.56. The van der Waals surface area contributed by atoms with E-state index in [1.807, 2.05) is 31.2 Å². The zero-order valence-corrected chi connectivity index (χ0v) is 16.7. The molecule has 1 N–H and O–H groups in total. The molecule has 2 aromatic rings. The number of ether oxygens (including phenoxy) is 2. The Morgan fingerprint density at radius 1 is 1.11 bits per heavy atom. The summed E-state index contributed by atoms with van der Waals surface area (Å²) in [5, 5.41) is 2.95. The van der Waals surface area contributed by atoms with Crippen LogP contribution in [0.4, 0.5) is 0 Å². The van der Waals surface area contributed by atoms with Gasteiger partial charge in [0.05, 0.1) is 18.8 Å². The molecular weight excluding hydrogens is 340 g/mol. The first-order valence-electron chi connectivity index (χ1n) is 9.40. The second-order valence-corrected chi connectivity index (χ2v) is 7.69. The summed E-state index contributed by atoms with van der Waals surface area (Å²) in [6.07, 6.45) is 4.43. The van der Waals surface area contributed by atoms with E-state index in [1.54, 1.807) is 12.4 Å². The van der Waals surface area contributed by atoms with Crippen molar-refractivity contribution in [3.05, 3.63) is 54.4 Å². The molecule has 1 atom stereocenters. The summed E-state index contributed by atoms with van der Waals surface area (Å²) in [4.78, 5) is 16.0. The molecule has 0 fully saturated rings. The smallest absolute Gasteiger partial charge is 0.220 e. The number of rotatable bonds is 9. The van der Waals surface area contributed by atoms with Crippen LogP contribution in [-0.2, 0) is 10.2 Å². The van der Waals surface area contributed by atoms with Crippen LogP contribution in [-0.4, -0.2) is 30.1 Å². The molecule has 2 rings (SSSR count). The van der Waals surface area contributed by atoms with E-state index >= 15 is 0 Å². The maximum absolute atomic E-state index is 12.0. The molecule has 0 spiro atoms. The van der Waals surface area contributed by atoms with Gasteiger partial charge in [-0.05, 0) is 48.6 Å². The predicted octanol–water partition coefficient (Wildman–Crippen LogP) is 4.12. The summed E-state index contributed by atoms with van der Waals surface area (Å²) in [5.41, 5.74) is 1.39. The summed E-state index contributed by atoms with van der Waals surface area (Å²) in [5.74, 6) is 1.54. The zero-order chi connectivity index (χ0) is 19.7. The molecule has 0 aliphatic heterocycles. The van der Waals surface area contributed by atoms with Gasteiger partial charge >= 0.3 is 0 Å². The molecule has 1 aromatic carbocycles. The fourth-order valence-corrected chi connectivity index (χ4v) is 2.52. The first-order chi connectivity index (χ1) is 12.8. The molecule has 1 heterocycles. The molecule has 0 bridgehead atoms. The van der Waals surface area contributed by atoms with E-state index in [0.29, 0.717) is 26.1 Å². The number of carbonyl (C=O) groups is 1. The van der Waals surface area contributed by atoms with E-state index in [9.17, 15) is 4.79 Å². The minimum absolute atomic E-state index is 0.00367. The summed E-state index contributed by atoms with van der Waals surface area (Å²) >= 11 is 0. The van der Waals surface area contributed by atoms with Crippen LogP contribution in [0.1, 0.15) is 46.1 Å². The molecule has 1 amide bonds. The highest BCUT2D eigenvalue weighted by Gasteiger charge is 2.13. The molecular formula is C22H30N2O3. The van der Waals surface area contributed by atoms with E-state index in [-0.39, 0.29) is 17.4 Å². The maximum Gasteiger partial charge on any atom is 0.220 e. The highest BCUT2D eigenvalue weighted by atomic mass is 16.5. The molecule has 0 saturated carbocycles. The molecule has 0 aliphatic carbocycles. The van der Waals surface area contributed by atoms with Crippen LogP contribution in [0.5, 0.6) is 11.5 Å². The standard InChI is InChI=1S/C22H30N2O3/c1-17(16-27-19-11-9-18(10-12-19)22(2,3)4)24-21(25)8-6-14-26-20-7-5-13-23-15-20/h5,7,9-13,15,17H,6,8,14,16H2,1-4H3,(H,24,25). The van der Waals surface area contributed by atoms with E-state index < -0.39 is 0 Å². The second-order valence-electron chi connectivity index (χ2n) is 7.69. The van der Waals surface area contributed by atoms with E-state index in [2.05, 4.69) is 43.2 Å². The van der Waals surface area contributed by atoms with E-state index in [0.717, 1.165) is 11.5 Å². The summed E-state index contributed by atoms with van der Waals surface area (Å²) < 4.78 is 11.3. The van der Waals surface area contributed by atoms with Gasteiger partial charge in [-0.3, -0.25) is 9.78 Å². The first kappa shape index (κ1) is 20.7. The number of pyridine rings is 1. The van der Waals surface area contributed by atoms with Crippen molar-refractivity contribution in [1.29, 1.82) is 0 Å². The number of amides is 1. The van der Waals surface area contributed by atoms with Crippen molar-refractivity contribution in [1.82, 2.24) is 10.3 Å². The second kappa shape index (κ2) is 9.95. The van der Waals surface area contributed by atoms with Crippen molar-refractivity contribution < 1.29 is 14.3 Å². The fourth-order valence-electron chi connectivity index (χ4n) is 2.52. The van der Waals surface area contributed by atoms with E-state index in [4.69, 9.17) is 9.47 Å². The van der Waals surface area contributed by atoms with Crippen LogP contribution in [0.2, 0.25) is 0 Å². The van der Waals surface area contributed by atoms with Gasteiger partial charge in [-0.25, -0.2) is 0 Å². The maximum atomic E-state index is 12.0. The lowest BCUT2D eigenvalue weighted by atomic mass is 9.87. The largest absolute Gasteiger partial charge is 0.492 e. The van der Waals surface area contributed by atoms with Gasteiger partial charge in [0.2, 0.25) is 5.91 Å². The number of nitrogens with one attached hydrogen (secondary N) is 1. The van der Waals surface area contributed by atoms with Crippen LogP contribution < -0.4 is 14.8 Å². The molecule has 5 nitrogen and oxygen atoms in total. The van der Waals surface area contributed by atoms with Gasteiger partial charge in [-0.2, -0.15) is 0 Å². The minimum atomic E-state index is -0.0564. The van der Waals surface area contributed by atoms with Gasteiger partial charge in [0.1, 0.15) is 18.1 Å². The quantitative estimate of drug-likeness (QED) is 0.675. The number of hydrogen-bond donors (Lipinski definition) is 1. The molecule has 0 aliphatic rings. The zero-order valence-electron chi connectivity index (χ0n) is 16.7. The summed E-state index contributed by atoms with van der Waals surface area (Å²) in [7, 11) is 0. The van der Waals surface area contributed by atoms with Crippen LogP contribution in [0, 0.1) is 0 Å². The molecule has 0 radical (unpaired) electrons. The Morgan fingerprint density at radius 2 is 1.85 bits per heavy atom. The van der Waals surface area contributed by atoms with Gasteiger partial charge in [0.25, 0.3) is 0 Å². The third kappa shape index (κ3) is 7.69. The van der Waals surface area contributed by atoms with Crippen molar-refractivity contribution in [2.75, 3.05) is 13.2 Å². The Bertz CT molecular complexity index is 694. The minimum Gasteiger partial charge on any atom is -0.492 e. The van der Waals surface area contributed by atoms with Gasteiger partial charge < -0.3 is 14.8 Å². The van der Waals surface area contributed by atoms with Gasteiger partial charge in [-0.15, -0.1) is 0 Å². The van der Waals surface area contributed by atoms with Gasteiger partial charge in [0, 0.05) is 12.6 Å². The fraction of sp³-hybridized carbons (Fsp3) is 0.455. The Balaban J connectivity index is 1.63. The molecule has 27 heavy (non-hydrogen) atoms. The predicted molar refractivity (Wildman–Crippen MR) is 107 cm³/mol. The van der Waals surface area contributed by atoms with Crippen LogP contribution >= 0.6 is 0 Å². The normalized spacial score (nSPS) is 12.3. The Labute approximate surface area is 162 Å². The SMILES string of the molecule is CC(COc1ccc(C(C)(C)C)cc1)NC(=O)CCCOc1cccnc1. The summed E-state index contributed by atoms with van der Waals surface area (Å²) in [6.45, 7) is 9.41. The topological polar surface area (TPSA) is 60.5 Å². The van der Waals surface area contributed by atoms with Crippen LogP contribution in [0.15, 0.2) is 48.8 Å². The van der Waals surface area contributed by atoms with Crippen LogP contribution in [0.3, 0.4) is 0 Å². The monoisotopic (exact) mass is 370 g/mol. The number of hydrogen-bond acceptors (Lipinski definition) is 4. The Kier molecular flexibility index (Phi) is 7.65. The third-order valence-corrected chi connectivity index (χ3v) is 4.08. The molecule has 1 unspecified atom stereocenters. The first-order valence-corrected chi connectivity index (χ1v) is 9.40. The summed E-state index contributed by atoms with van der Waals surface area (Å²) in [6, 6.07) is 11.7. The Morgan fingerprint density at radius 3 is 2.48 bits per heavy atom. The lowest BCUT2D eigenvalue weighted by Crippen LogP contribution is -2.36. The lowest BCUT2D eigenvalue weighted by Gasteiger charge is -2.20. The van der Waals surface area contributed by atoms with E-state index in [1.165, 1.54) is 5.56 Å². The molecule has 5 heteroatoms. The van der Waals surface area contributed by atoms with Crippen molar-refractivity contribution in [3.8, 4) is 11.5 Å². The van der Waals surface area contributed by atoms with Gasteiger partial charge in [-0.1, -0.05) is 32.9 Å². The van der Waals surface area contributed by atoms with Crippen molar-refractivity contribution >= 4 is 5.91 Å². The van der Waals surface area contributed by atoms with Crippen molar-refractivity contribution in [2.24, 2.45) is 0 Å². The number of benzene rings is 1. The van der Waals surface area contributed by atoms with Gasteiger partial charge in [0.15, 0.2) is 0 Å². The van der Waals surface area contributed by atoms with Crippen LogP contribution in [0.25, 0.3) is 0 Å². The number of aromatic nitrogens is 1. The number of nitrogens with zero attached hydrogens (tertiary/aromatic N) is 1. The average molecular weight is 370 g/mol. The van der Waals surface area contributed by atoms with Crippen molar-refractivity contribution in [2.45, 2.75) is 52.0 Å². The lowest BCUT2D eigenvalue weighted by molar-refractivity contribution is -0.122. The molecule has 1 aromatic heterocycles. The number of carbonyl (C=O) groups excluding carboxylic acids is 1.